The Labute approximate surface area is 65.7 Å². The fraction of sp³-hybridized carbons (Fsp3) is 0.750. The summed E-state index contributed by atoms with van der Waals surface area (Å²) in [6.45, 7) is 2.06. The second kappa shape index (κ2) is 3.51. The number of hydrogen-bond donors (Lipinski definition) is 0. The first-order valence-electron chi connectivity index (χ1n) is 3.98. The molecule has 1 heterocycles. The highest BCUT2D eigenvalue weighted by atomic mass is 16.6. The molecule has 1 rings (SSSR count). The molecule has 0 saturated carbocycles. The maximum absolute atomic E-state index is 10.8. The van der Waals surface area contributed by atoms with Crippen molar-refractivity contribution >= 4 is 11.9 Å². The average Bonchev–Trinajstić information content (AvgIpc) is 2.26. The molecule has 0 aromatic heterocycles. The Balaban J connectivity index is 2.34. The van der Waals surface area contributed by atoms with E-state index >= 15 is 0 Å². The molecular weight excluding hydrogens is 144 g/mol. The van der Waals surface area contributed by atoms with Crippen LogP contribution >= 0.6 is 0 Å². The summed E-state index contributed by atoms with van der Waals surface area (Å²) in [5.41, 5.74) is 0. The normalized spacial score (nSPS) is 23.9. The molecule has 0 bridgehead atoms. The molecule has 0 radical (unpaired) electrons. The van der Waals surface area contributed by atoms with Gasteiger partial charge in [-0.2, -0.15) is 0 Å². The molecule has 0 aromatic carbocycles. The number of cyclic esters (lactones) is 2. The van der Waals surface area contributed by atoms with Crippen LogP contribution in [0.5, 0.6) is 0 Å². The number of rotatable bonds is 3. The lowest BCUT2D eigenvalue weighted by Crippen LogP contribution is -2.06. The van der Waals surface area contributed by atoms with Gasteiger partial charge >= 0.3 is 11.9 Å². The van der Waals surface area contributed by atoms with E-state index in [-0.39, 0.29) is 17.9 Å². The predicted octanol–water partition coefficient (Wildman–Crippen LogP) is 1.27. The van der Waals surface area contributed by atoms with E-state index in [1.54, 1.807) is 0 Å². The van der Waals surface area contributed by atoms with Crippen LogP contribution in [0.2, 0.25) is 0 Å². The van der Waals surface area contributed by atoms with Crippen LogP contribution in [0.4, 0.5) is 0 Å². The zero-order valence-electron chi connectivity index (χ0n) is 6.63. The van der Waals surface area contributed by atoms with Crippen LogP contribution in [0, 0.1) is 5.92 Å². The van der Waals surface area contributed by atoms with E-state index < -0.39 is 0 Å². The van der Waals surface area contributed by atoms with E-state index in [0.717, 1.165) is 19.3 Å². The summed E-state index contributed by atoms with van der Waals surface area (Å²) in [5.74, 6) is -0.845. The Morgan fingerprint density at radius 1 is 1.55 bits per heavy atom. The summed E-state index contributed by atoms with van der Waals surface area (Å²) in [6.07, 6.45) is 3.13. The summed E-state index contributed by atoms with van der Waals surface area (Å²) < 4.78 is 4.39. The zero-order chi connectivity index (χ0) is 8.27. The van der Waals surface area contributed by atoms with Crippen LogP contribution in [-0.4, -0.2) is 11.9 Å². The molecule has 1 fully saturated rings. The Morgan fingerprint density at radius 2 is 2.27 bits per heavy atom. The zero-order valence-corrected chi connectivity index (χ0v) is 6.63. The topological polar surface area (TPSA) is 43.4 Å². The van der Waals surface area contributed by atoms with Gasteiger partial charge in [-0.05, 0) is 6.42 Å². The molecule has 1 atom stereocenters. The fourth-order valence-electron chi connectivity index (χ4n) is 1.19. The lowest BCUT2D eigenvalue weighted by molar-refractivity contribution is -0.153. The maximum atomic E-state index is 10.8. The minimum atomic E-state index is -0.365. The van der Waals surface area contributed by atoms with Gasteiger partial charge in [-0.3, -0.25) is 9.59 Å². The molecule has 0 aliphatic carbocycles. The van der Waals surface area contributed by atoms with E-state index in [1.165, 1.54) is 0 Å². The summed E-state index contributed by atoms with van der Waals surface area (Å²) in [7, 11) is 0. The van der Waals surface area contributed by atoms with Gasteiger partial charge in [0.2, 0.25) is 0 Å². The highest BCUT2D eigenvalue weighted by Crippen LogP contribution is 2.21. The minimum Gasteiger partial charge on any atom is -0.393 e. The molecule has 0 amide bonds. The highest BCUT2D eigenvalue weighted by Gasteiger charge is 2.32. The van der Waals surface area contributed by atoms with Gasteiger partial charge in [-0.25, -0.2) is 0 Å². The van der Waals surface area contributed by atoms with Gasteiger partial charge in [0.25, 0.3) is 0 Å². The third kappa shape index (κ3) is 2.03. The molecule has 3 nitrogen and oxygen atoms in total. The quantitative estimate of drug-likeness (QED) is 0.456. The Bertz CT molecular complexity index is 174. The number of unbranched alkanes of at least 4 members (excludes halogenated alkanes) is 1. The van der Waals surface area contributed by atoms with Crippen molar-refractivity contribution in [3.8, 4) is 0 Å². The van der Waals surface area contributed by atoms with Crippen LogP contribution in [0.1, 0.15) is 32.6 Å². The smallest absolute Gasteiger partial charge is 0.317 e. The fourth-order valence-corrected chi connectivity index (χ4v) is 1.19. The van der Waals surface area contributed by atoms with E-state index in [1.807, 2.05) is 0 Å². The van der Waals surface area contributed by atoms with Crippen LogP contribution in [0.25, 0.3) is 0 Å². The Morgan fingerprint density at radius 3 is 2.73 bits per heavy atom. The molecule has 11 heavy (non-hydrogen) atoms. The second-order valence-electron chi connectivity index (χ2n) is 2.84. The molecule has 0 spiro atoms. The first-order chi connectivity index (χ1) is 5.24. The molecule has 1 aliphatic rings. The van der Waals surface area contributed by atoms with Gasteiger partial charge in [-0.15, -0.1) is 0 Å². The van der Waals surface area contributed by atoms with E-state index in [9.17, 15) is 9.59 Å². The first kappa shape index (κ1) is 8.24. The molecule has 1 saturated heterocycles. The van der Waals surface area contributed by atoms with Crippen molar-refractivity contribution in [3.63, 3.8) is 0 Å². The van der Waals surface area contributed by atoms with Crippen LogP contribution in [0.3, 0.4) is 0 Å². The van der Waals surface area contributed by atoms with Crippen molar-refractivity contribution in [2.45, 2.75) is 32.6 Å². The summed E-state index contributed by atoms with van der Waals surface area (Å²) >= 11 is 0. The van der Waals surface area contributed by atoms with Gasteiger partial charge in [-0.1, -0.05) is 19.8 Å². The molecule has 3 heteroatoms. The van der Waals surface area contributed by atoms with Crippen molar-refractivity contribution in [2.24, 2.45) is 5.92 Å². The van der Waals surface area contributed by atoms with Crippen molar-refractivity contribution in [1.29, 1.82) is 0 Å². The van der Waals surface area contributed by atoms with Crippen LogP contribution in [0.15, 0.2) is 0 Å². The monoisotopic (exact) mass is 156 g/mol. The summed E-state index contributed by atoms with van der Waals surface area (Å²) in [5, 5.41) is 0. The van der Waals surface area contributed by atoms with Crippen molar-refractivity contribution in [2.75, 3.05) is 0 Å². The Hall–Kier alpha value is -0.860. The van der Waals surface area contributed by atoms with Gasteiger partial charge in [0, 0.05) is 0 Å². The number of carbonyl (C=O) groups is 2. The number of hydrogen-bond acceptors (Lipinski definition) is 3. The first-order valence-corrected chi connectivity index (χ1v) is 3.98. The Kier molecular flexibility index (Phi) is 2.63. The molecular formula is C8H12O3. The van der Waals surface area contributed by atoms with Crippen molar-refractivity contribution in [1.82, 2.24) is 0 Å². The predicted molar refractivity (Wildman–Crippen MR) is 38.7 cm³/mol. The van der Waals surface area contributed by atoms with Crippen molar-refractivity contribution in [3.05, 3.63) is 0 Å². The number of esters is 2. The highest BCUT2D eigenvalue weighted by molar-refractivity contribution is 5.94. The van der Waals surface area contributed by atoms with Crippen molar-refractivity contribution < 1.29 is 14.3 Å². The maximum Gasteiger partial charge on any atom is 0.317 e. The van der Waals surface area contributed by atoms with Gasteiger partial charge in [0.15, 0.2) is 0 Å². The van der Waals surface area contributed by atoms with E-state index in [0.29, 0.717) is 6.42 Å². The number of ether oxygens (including phenoxy) is 1. The minimum absolute atomic E-state index is 0.151. The molecule has 0 unspecified atom stereocenters. The van der Waals surface area contributed by atoms with Gasteiger partial charge in [0.1, 0.15) is 0 Å². The molecule has 62 valence electrons. The van der Waals surface area contributed by atoms with Crippen LogP contribution < -0.4 is 0 Å². The number of carbonyl (C=O) groups excluding carboxylic acids is 2. The summed E-state index contributed by atoms with van der Waals surface area (Å²) in [4.78, 5) is 21.4. The van der Waals surface area contributed by atoms with Crippen LogP contribution in [-0.2, 0) is 14.3 Å². The van der Waals surface area contributed by atoms with Gasteiger partial charge < -0.3 is 4.74 Å². The largest absolute Gasteiger partial charge is 0.393 e. The van der Waals surface area contributed by atoms with Gasteiger partial charge in [0.05, 0.1) is 12.3 Å². The third-order valence-corrected chi connectivity index (χ3v) is 1.87. The summed E-state index contributed by atoms with van der Waals surface area (Å²) in [6, 6.07) is 0. The second-order valence-corrected chi connectivity index (χ2v) is 2.84. The lowest BCUT2D eigenvalue weighted by atomic mass is 10.0. The standard InChI is InChI=1S/C8H12O3/c1-2-3-4-6-5-7(9)11-8(6)10/h6H,2-5H2,1H3/t6-/m0/s1. The van der Waals surface area contributed by atoms with E-state index in [4.69, 9.17) is 0 Å². The average molecular weight is 156 g/mol. The lowest BCUT2D eigenvalue weighted by Gasteiger charge is -2.00. The third-order valence-electron chi connectivity index (χ3n) is 1.87. The molecule has 0 aromatic rings. The SMILES string of the molecule is CCCC[C@H]1CC(=O)OC1=O. The van der Waals surface area contributed by atoms with E-state index in [2.05, 4.69) is 11.7 Å². The molecule has 1 aliphatic heterocycles. The molecule has 0 N–H and O–H groups in total.